The number of nitrogens with one attached hydrogen (secondary N) is 1. The molecule has 0 bridgehead atoms. The van der Waals surface area contributed by atoms with E-state index in [1.165, 1.54) is 12.0 Å². The van der Waals surface area contributed by atoms with E-state index in [1.54, 1.807) is 0 Å². The van der Waals surface area contributed by atoms with E-state index in [0.29, 0.717) is 16.8 Å². The van der Waals surface area contributed by atoms with Crippen molar-refractivity contribution in [1.82, 2.24) is 5.32 Å². The molecule has 2 aromatic rings. The summed E-state index contributed by atoms with van der Waals surface area (Å²) in [6.45, 7) is 2.17. The standard InChI is InChI=1S/C17H18ClN3.ClH/c18-15-5-1-13(2-6-15)17(19)21-16-7-3-12(4-8-16)14-9-10-20-11-14;/h1-8,14,20H,9-11H2,(H2,19,21);1H. The Bertz CT molecular complexity index is 630. The lowest BCUT2D eigenvalue weighted by Crippen LogP contribution is -2.12. The van der Waals surface area contributed by atoms with Gasteiger partial charge < -0.3 is 11.1 Å². The second kappa shape index (κ2) is 7.63. The quantitative estimate of drug-likeness (QED) is 0.660. The molecule has 0 aliphatic carbocycles. The minimum absolute atomic E-state index is 0. The highest BCUT2D eigenvalue weighted by atomic mass is 35.5. The van der Waals surface area contributed by atoms with E-state index >= 15 is 0 Å². The van der Waals surface area contributed by atoms with Gasteiger partial charge in [-0.2, -0.15) is 0 Å². The monoisotopic (exact) mass is 335 g/mol. The van der Waals surface area contributed by atoms with Crippen LogP contribution in [-0.2, 0) is 0 Å². The molecule has 1 fully saturated rings. The van der Waals surface area contributed by atoms with Gasteiger partial charge in [0, 0.05) is 17.1 Å². The van der Waals surface area contributed by atoms with Gasteiger partial charge in [0.25, 0.3) is 0 Å². The third-order valence-electron chi connectivity index (χ3n) is 3.81. The summed E-state index contributed by atoms with van der Waals surface area (Å²) < 4.78 is 0. The van der Waals surface area contributed by atoms with E-state index in [9.17, 15) is 0 Å². The van der Waals surface area contributed by atoms with Gasteiger partial charge in [0.1, 0.15) is 5.84 Å². The van der Waals surface area contributed by atoms with E-state index in [1.807, 2.05) is 36.4 Å². The van der Waals surface area contributed by atoms with E-state index in [-0.39, 0.29) is 12.4 Å². The van der Waals surface area contributed by atoms with Gasteiger partial charge in [0.2, 0.25) is 0 Å². The van der Waals surface area contributed by atoms with Crippen LogP contribution in [0.2, 0.25) is 5.02 Å². The highest BCUT2D eigenvalue weighted by Crippen LogP contribution is 2.24. The predicted octanol–water partition coefficient (Wildman–Crippen LogP) is 3.88. The fraction of sp³-hybridized carbons (Fsp3) is 0.235. The summed E-state index contributed by atoms with van der Waals surface area (Å²) in [5.74, 6) is 1.12. The minimum atomic E-state index is 0. The largest absolute Gasteiger partial charge is 0.383 e. The smallest absolute Gasteiger partial charge is 0.131 e. The SMILES string of the molecule is Cl.NC(=Nc1ccc(C2CCNC2)cc1)c1ccc(Cl)cc1. The molecule has 1 heterocycles. The molecule has 5 heteroatoms. The van der Waals surface area contributed by atoms with Crippen molar-refractivity contribution >= 4 is 35.5 Å². The van der Waals surface area contributed by atoms with Gasteiger partial charge in [-0.1, -0.05) is 23.7 Å². The maximum atomic E-state index is 6.03. The number of halogens is 2. The Hall–Kier alpha value is -1.55. The Balaban J connectivity index is 0.00000176. The first-order valence-corrected chi connectivity index (χ1v) is 7.51. The van der Waals surface area contributed by atoms with Crippen LogP contribution in [0.4, 0.5) is 5.69 Å². The fourth-order valence-corrected chi connectivity index (χ4v) is 2.71. The minimum Gasteiger partial charge on any atom is -0.383 e. The average Bonchev–Trinajstić information content (AvgIpc) is 3.03. The van der Waals surface area contributed by atoms with Crippen LogP contribution in [0.25, 0.3) is 0 Å². The van der Waals surface area contributed by atoms with Crippen molar-refractivity contribution in [2.75, 3.05) is 13.1 Å². The molecule has 1 aliphatic rings. The van der Waals surface area contributed by atoms with Gasteiger partial charge in [-0.25, -0.2) is 4.99 Å². The summed E-state index contributed by atoms with van der Waals surface area (Å²) in [5, 5.41) is 4.08. The van der Waals surface area contributed by atoms with Crippen molar-refractivity contribution in [1.29, 1.82) is 0 Å². The topological polar surface area (TPSA) is 50.4 Å². The van der Waals surface area contributed by atoms with Gasteiger partial charge in [0.05, 0.1) is 5.69 Å². The van der Waals surface area contributed by atoms with Gasteiger partial charge in [-0.3, -0.25) is 0 Å². The zero-order valence-electron chi connectivity index (χ0n) is 12.1. The van der Waals surface area contributed by atoms with Gasteiger partial charge in [-0.15, -0.1) is 12.4 Å². The number of aliphatic imine (C=N–C) groups is 1. The van der Waals surface area contributed by atoms with Crippen molar-refractivity contribution in [2.24, 2.45) is 10.7 Å². The van der Waals surface area contributed by atoms with Crippen LogP contribution < -0.4 is 11.1 Å². The number of rotatable bonds is 3. The summed E-state index contributed by atoms with van der Waals surface area (Å²) >= 11 is 5.87. The van der Waals surface area contributed by atoms with Crippen molar-refractivity contribution in [3.05, 3.63) is 64.7 Å². The van der Waals surface area contributed by atoms with Crippen molar-refractivity contribution in [3.63, 3.8) is 0 Å². The molecule has 3 nitrogen and oxygen atoms in total. The molecule has 1 unspecified atom stereocenters. The Morgan fingerprint density at radius 1 is 1.09 bits per heavy atom. The molecule has 3 rings (SSSR count). The molecule has 0 spiro atoms. The van der Waals surface area contributed by atoms with E-state index in [2.05, 4.69) is 22.4 Å². The number of hydrogen-bond donors (Lipinski definition) is 2. The lowest BCUT2D eigenvalue weighted by molar-refractivity contribution is 0.763. The number of benzene rings is 2. The van der Waals surface area contributed by atoms with Gasteiger partial charge >= 0.3 is 0 Å². The molecule has 0 amide bonds. The second-order valence-corrected chi connectivity index (χ2v) is 5.72. The molecular formula is C17H19Cl2N3. The van der Waals surface area contributed by atoms with Crippen LogP contribution in [0, 0.1) is 0 Å². The normalized spacial score (nSPS) is 18.0. The summed E-state index contributed by atoms with van der Waals surface area (Å²) in [6.07, 6.45) is 1.20. The van der Waals surface area contributed by atoms with Crippen LogP contribution in [0.1, 0.15) is 23.5 Å². The van der Waals surface area contributed by atoms with E-state index < -0.39 is 0 Å². The molecule has 0 aromatic heterocycles. The molecule has 22 heavy (non-hydrogen) atoms. The maximum Gasteiger partial charge on any atom is 0.131 e. The van der Waals surface area contributed by atoms with Crippen LogP contribution >= 0.6 is 24.0 Å². The molecule has 0 radical (unpaired) electrons. The van der Waals surface area contributed by atoms with Crippen LogP contribution in [0.5, 0.6) is 0 Å². The maximum absolute atomic E-state index is 6.03. The summed E-state index contributed by atoms with van der Waals surface area (Å²) in [7, 11) is 0. The molecular weight excluding hydrogens is 317 g/mol. The first-order valence-electron chi connectivity index (χ1n) is 7.13. The lowest BCUT2D eigenvalue weighted by atomic mass is 9.98. The highest BCUT2D eigenvalue weighted by Gasteiger charge is 2.15. The third-order valence-corrected chi connectivity index (χ3v) is 4.07. The van der Waals surface area contributed by atoms with Crippen LogP contribution in [-0.4, -0.2) is 18.9 Å². The highest BCUT2D eigenvalue weighted by molar-refractivity contribution is 6.30. The summed E-state index contributed by atoms with van der Waals surface area (Å²) in [4.78, 5) is 4.46. The molecule has 1 aliphatic heterocycles. The molecule has 3 N–H and O–H groups in total. The summed E-state index contributed by atoms with van der Waals surface area (Å²) in [5.41, 5.74) is 9.15. The molecule has 2 aromatic carbocycles. The van der Waals surface area contributed by atoms with Crippen molar-refractivity contribution < 1.29 is 0 Å². The van der Waals surface area contributed by atoms with E-state index in [0.717, 1.165) is 24.3 Å². The zero-order chi connectivity index (χ0) is 14.7. The Morgan fingerprint density at radius 2 is 1.77 bits per heavy atom. The van der Waals surface area contributed by atoms with E-state index in [4.69, 9.17) is 17.3 Å². The molecule has 0 saturated carbocycles. The van der Waals surface area contributed by atoms with Crippen molar-refractivity contribution in [3.8, 4) is 0 Å². The summed E-state index contributed by atoms with van der Waals surface area (Å²) in [6, 6.07) is 15.7. The number of hydrogen-bond acceptors (Lipinski definition) is 2. The Kier molecular flexibility index (Phi) is 5.83. The molecule has 116 valence electrons. The molecule has 1 atom stereocenters. The number of nitrogens with two attached hydrogens (primary N) is 1. The predicted molar refractivity (Wildman–Crippen MR) is 95.8 cm³/mol. The second-order valence-electron chi connectivity index (χ2n) is 5.29. The lowest BCUT2D eigenvalue weighted by Gasteiger charge is -2.08. The Morgan fingerprint density at radius 3 is 2.36 bits per heavy atom. The molecule has 1 saturated heterocycles. The average molecular weight is 336 g/mol. The van der Waals surface area contributed by atoms with Gasteiger partial charge in [0.15, 0.2) is 0 Å². The first kappa shape index (κ1) is 16.8. The number of nitrogens with zero attached hydrogens (tertiary/aromatic N) is 1. The van der Waals surface area contributed by atoms with Crippen LogP contribution in [0.3, 0.4) is 0 Å². The fourth-order valence-electron chi connectivity index (χ4n) is 2.58. The Labute approximate surface area is 142 Å². The van der Waals surface area contributed by atoms with Crippen molar-refractivity contribution in [2.45, 2.75) is 12.3 Å². The third kappa shape index (κ3) is 4.01. The van der Waals surface area contributed by atoms with Gasteiger partial charge in [-0.05, 0) is 60.8 Å². The number of amidine groups is 1. The zero-order valence-corrected chi connectivity index (χ0v) is 13.7. The van der Waals surface area contributed by atoms with Crippen LogP contribution in [0.15, 0.2) is 53.5 Å². The first-order chi connectivity index (χ1) is 10.2.